The quantitative estimate of drug-likeness (QED) is 0.150. The van der Waals surface area contributed by atoms with Gasteiger partial charge in [0, 0.05) is 33.2 Å². The largest absolute Gasteiger partial charge is 0.309 e. The van der Waals surface area contributed by atoms with Gasteiger partial charge in [-0.15, -0.1) is 0 Å². The number of benzene rings is 11. The van der Waals surface area contributed by atoms with E-state index in [1.807, 2.05) is 18.2 Å². The van der Waals surface area contributed by atoms with Crippen LogP contribution in [0.5, 0.6) is 0 Å². The third-order valence-corrected chi connectivity index (χ3v) is 13.4. The predicted octanol–water partition coefficient (Wildman–Crippen LogP) is 17.0. The van der Waals surface area contributed by atoms with Gasteiger partial charge < -0.3 is 4.57 Å². The number of nitrogens with zero attached hydrogens (tertiary/aromatic N) is 3. The standard InChI is InChI=1S/C64H41N3/c1-4-16-42(17-5-1)43-30-32-44(33-31-43)59-41-60(66-64(65-59)45-18-6-2-7-19-45)49-21-14-20-46(38-49)47-34-36-56-57(39-47)53-25-11-10-24-52(53)55-28-15-27-51(63(55)56)48-35-37-62-58(40-48)54-26-12-13-29-61(54)67(62)50-22-8-3-9-23-50/h1-41H. The van der Waals surface area contributed by atoms with Crippen LogP contribution in [0.1, 0.15) is 0 Å². The zero-order valence-corrected chi connectivity index (χ0v) is 36.5. The highest BCUT2D eigenvalue weighted by Crippen LogP contribution is 2.43. The molecule has 67 heavy (non-hydrogen) atoms. The van der Waals surface area contributed by atoms with E-state index in [0.29, 0.717) is 5.82 Å². The van der Waals surface area contributed by atoms with Crippen molar-refractivity contribution in [2.24, 2.45) is 0 Å². The predicted molar refractivity (Wildman–Crippen MR) is 282 cm³/mol. The van der Waals surface area contributed by atoms with Crippen LogP contribution in [-0.4, -0.2) is 14.5 Å². The van der Waals surface area contributed by atoms with Crippen molar-refractivity contribution in [2.75, 3.05) is 0 Å². The molecular formula is C64H41N3. The summed E-state index contributed by atoms with van der Waals surface area (Å²) in [5.74, 6) is 0.701. The molecule has 13 rings (SSSR count). The first kappa shape index (κ1) is 38.5. The van der Waals surface area contributed by atoms with Gasteiger partial charge in [-0.05, 0) is 114 Å². The SMILES string of the molecule is c1ccc(-c2ccc(-c3cc(-c4cccc(-c5ccc6c(c5)c5ccccc5c5cccc(-c7ccc8c(c7)c7ccccc7n8-c7ccccc7)c56)c4)nc(-c4ccccc4)n3)cc2)cc1. The number of fused-ring (bicyclic) bond motifs is 9. The van der Waals surface area contributed by atoms with E-state index < -0.39 is 0 Å². The summed E-state index contributed by atoms with van der Waals surface area (Å²) in [6, 6.07) is 89.5. The first-order valence-electron chi connectivity index (χ1n) is 22.9. The van der Waals surface area contributed by atoms with Crippen LogP contribution < -0.4 is 0 Å². The van der Waals surface area contributed by atoms with E-state index >= 15 is 0 Å². The lowest BCUT2D eigenvalue weighted by Gasteiger charge is -2.16. The molecule has 0 fully saturated rings. The smallest absolute Gasteiger partial charge is 0.160 e. The van der Waals surface area contributed by atoms with Crippen molar-refractivity contribution >= 4 is 54.1 Å². The normalized spacial score (nSPS) is 11.6. The highest BCUT2D eigenvalue weighted by Gasteiger charge is 2.18. The number of aromatic nitrogens is 3. The summed E-state index contributed by atoms with van der Waals surface area (Å²) in [6.45, 7) is 0. The molecule has 2 aromatic heterocycles. The molecule has 0 aliphatic heterocycles. The zero-order valence-electron chi connectivity index (χ0n) is 36.5. The summed E-state index contributed by atoms with van der Waals surface area (Å²) in [5, 5.41) is 9.97. The highest BCUT2D eigenvalue weighted by molar-refractivity contribution is 6.29. The average molecular weight is 852 g/mol. The van der Waals surface area contributed by atoms with Crippen molar-refractivity contribution < 1.29 is 0 Å². The molecule has 0 amide bonds. The van der Waals surface area contributed by atoms with E-state index in [1.165, 1.54) is 76.4 Å². The van der Waals surface area contributed by atoms with Crippen molar-refractivity contribution in [1.82, 2.24) is 14.5 Å². The van der Waals surface area contributed by atoms with Crippen LogP contribution in [0.4, 0.5) is 0 Å². The van der Waals surface area contributed by atoms with Gasteiger partial charge in [0.1, 0.15) is 0 Å². The third-order valence-electron chi connectivity index (χ3n) is 13.4. The van der Waals surface area contributed by atoms with Crippen LogP contribution in [0.2, 0.25) is 0 Å². The summed E-state index contributed by atoms with van der Waals surface area (Å²) in [7, 11) is 0. The van der Waals surface area contributed by atoms with Gasteiger partial charge in [0.2, 0.25) is 0 Å². The van der Waals surface area contributed by atoms with Crippen LogP contribution in [0.15, 0.2) is 249 Å². The maximum absolute atomic E-state index is 5.20. The second-order valence-electron chi connectivity index (χ2n) is 17.3. The molecule has 312 valence electrons. The molecule has 0 radical (unpaired) electrons. The molecule has 0 aliphatic carbocycles. The van der Waals surface area contributed by atoms with Crippen LogP contribution in [0.3, 0.4) is 0 Å². The molecule has 0 N–H and O–H groups in total. The Balaban J connectivity index is 0.944. The minimum absolute atomic E-state index is 0.701. The van der Waals surface area contributed by atoms with E-state index in [9.17, 15) is 0 Å². The topological polar surface area (TPSA) is 30.7 Å². The molecular weight excluding hydrogens is 811 g/mol. The molecule has 3 nitrogen and oxygen atoms in total. The van der Waals surface area contributed by atoms with Crippen LogP contribution >= 0.6 is 0 Å². The van der Waals surface area contributed by atoms with Crippen LogP contribution in [0, 0.1) is 0 Å². The Morgan fingerprint density at radius 1 is 0.254 bits per heavy atom. The Kier molecular flexibility index (Phi) is 9.17. The van der Waals surface area contributed by atoms with Crippen molar-refractivity contribution in [2.45, 2.75) is 0 Å². The molecule has 0 atom stereocenters. The number of rotatable bonds is 7. The van der Waals surface area contributed by atoms with Crippen molar-refractivity contribution in [3.8, 4) is 73.0 Å². The monoisotopic (exact) mass is 851 g/mol. The summed E-state index contributed by atoms with van der Waals surface area (Å²) < 4.78 is 2.38. The maximum atomic E-state index is 5.20. The van der Waals surface area contributed by atoms with Crippen molar-refractivity contribution in [1.29, 1.82) is 0 Å². The Morgan fingerprint density at radius 2 is 0.746 bits per heavy atom. The summed E-state index contributed by atoms with van der Waals surface area (Å²) in [4.78, 5) is 10.3. The minimum atomic E-state index is 0.701. The fourth-order valence-electron chi connectivity index (χ4n) is 10.2. The number of hydrogen-bond acceptors (Lipinski definition) is 2. The molecule has 0 spiro atoms. The molecule has 0 saturated carbocycles. The fraction of sp³-hybridized carbons (Fsp3) is 0. The van der Waals surface area contributed by atoms with E-state index in [2.05, 4.69) is 235 Å². The fourth-order valence-corrected chi connectivity index (χ4v) is 10.2. The molecule has 0 aliphatic rings. The first-order valence-corrected chi connectivity index (χ1v) is 22.9. The number of hydrogen-bond donors (Lipinski definition) is 0. The highest BCUT2D eigenvalue weighted by atomic mass is 15.0. The first-order chi connectivity index (χ1) is 33.2. The zero-order chi connectivity index (χ0) is 44.3. The molecule has 13 aromatic rings. The number of para-hydroxylation sites is 2. The third kappa shape index (κ3) is 6.67. The molecule has 0 saturated heterocycles. The maximum Gasteiger partial charge on any atom is 0.160 e. The van der Waals surface area contributed by atoms with E-state index in [0.717, 1.165) is 44.9 Å². The second-order valence-corrected chi connectivity index (χ2v) is 17.3. The lowest BCUT2D eigenvalue weighted by atomic mass is 9.88. The van der Waals surface area contributed by atoms with Gasteiger partial charge in [0.15, 0.2) is 5.82 Å². The molecule has 0 unspecified atom stereocenters. The van der Waals surface area contributed by atoms with Gasteiger partial charge in [0.25, 0.3) is 0 Å². The second kappa shape index (κ2) is 16.0. The minimum Gasteiger partial charge on any atom is -0.309 e. The Bertz CT molecular complexity index is 4000. The summed E-state index contributed by atoms with van der Waals surface area (Å²) in [6.07, 6.45) is 0. The van der Waals surface area contributed by atoms with Gasteiger partial charge in [-0.1, -0.05) is 200 Å². The molecule has 3 heteroatoms. The molecule has 11 aromatic carbocycles. The van der Waals surface area contributed by atoms with E-state index in [4.69, 9.17) is 9.97 Å². The summed E-state index contributed by atoms with van der Waals surface area (Å²) >= 11 is 0. The Hall–Kier alpha value is -8.92. The van der Waals surface area contributed by atoms with E-state index in [-0.39, 0.29) is 0 Å². The van der Waals surface area contributed by atoms with Gasteiger partial charge in [0.05, 0.1) is 22.4 Å². The molecule has 2 heterocycles. The van der Waals surface area contributed by atoms with Crippen molar-refractivity contribution in [3.05, 3.63) is 249 Å². The molecule has 0 bridgehead atoms. The van der Waals surface area contributed by atoms with Crippen LogP contribution in [-0.2, 0) is 0 Å². The summed E-state index contributed by atoms with van der Waals surface area (Å²) in [5.41, 5.74) is 15.5. The van der Waals surface area contributed by atoms with E-state index in [1.54, 1.807) is 0 Å². The average Bonchev–Trinajstić information content (AvgIpc) is 3.75. The lowest BCUT2D eigenvalue weighted by Crippen LogP contribution is -1.96. The van der Waals surface area contributed by atoms with Crippen LogP contribution in [0.25, 0.3) is 127 Å². The lowest BCUT2D eigenvalue weighted by molar-refractivity contribution is 1.18. The van der Waals surface area contributed by atoms with Gasteiger partial charge >= 0.3 is 0 Å². The van der Waals surface area contributed by atoms with Gasteiger partial charge in [-0.2, -0.15) is 0 Å². The Labute approximate surface area is 388 Å². The Morgan fingerprint density at radius 3 is 1.52 bits per heavy atom. The van der Waals surface area contributed by atoms with Gasteiger partial charge in [-0.3, -0.25) is 0 Å². The van der Waals surface area contributed by atoms with Gasteiger partial charge in [-0.25, -0.2) is 9.97 Å². The van der Waals surface area contributed by atoms with Crippen molar-refractivity contribution in [3.63, 3.8) is 0 Å².